The lowest BCUT2D eigenvalue weighted by Crippen LogP contribution is -2.46. The number of alkyl halides is 2. The third-order valence-corrected chi connectivity index (χ3v) is 1.83. The van der Waals surface area contributed by atoms with E-state index in [1.54, 1.807) is 13.8 Å². The van der Waals surface area contributed by atoms with E-state index in [0.717, 1.165) is 0 Å². The summed E-state index contributed by atoms with van der Waals surface area (Å²) < 4.78 is 0. The normalized spacial score (nSPS) is 13.1. The summed E-state index contributed by atoms with van der Waals surface area (Å²) in [4.78, 5) is 20.3. The Morgan fingerprint density at radius 1 is 1.31 bits per heavy atom. The zero-order chi connectivity index (χ0) is 10.6. The van der Waals surface area contributed by atoms with E-state index in [2.05, 4.69) is 5.32 Å². The van der Waals surface area contributed by atoms with Gasteiger partial charge in [0.1, 0.15) is 6.04 Å². The highest BCUT2D eigenvalue weighted by atomic mass is 35.5. The second-order valence-corrected chi connectivity index (χ2v) is 3.97. The lowest BCUT2D eigenvalue weighted by Gasteiger charge is -2.17. The summed E-state index contributed by atoms with van der Waals surface area (Å²) in [5.74, 6) is -2.00. The molecule has 0 radical (unpaired) electrons. The number of carbonyl (C=O) groups is 2. The minimum atomic E-state index is -1.24. The van der Waals surface area contributed by atoms with Gasteiger partial charge in [-0.3, -0.25) is 4.79 Å². The van der Waals surface area contributed by atoms with Crippen molar-refractivity contribution in [1.82, 2.24) is 5.32 Å². The molecule has 0 aliphatic heterocycles. The van der Waals surface area contributed by atoms with Crippen LogP contribution in [-0.4, -0.2) is 27.9 Å². The van der Waals surface area contributed by atoms with Crippen molar-refractivity contribution in [3.63, 3.8) is 0 Å². The Bertz CT molecular complexity index is 206. The molecule has 0 aliphatic rings. The largest absolute Gasteiger partial charge is 0.480 e. The van der Waals surface area contributed by atoms with Gasteiger partial charge in [0, 0.05) is 0 Å². The molecule has 0 fully saturated rings. The topological polar surface area (TPSA) is 66.4 Å². The highest BCUT2D eigenvalue weighted by molar-refractivity contribution is 6.53. The van der Waals surface area contributed by atoms with Crippen LogP contribution in [0.25, 0.3) is 0 Å². The molecular weight excluding hydrogens is 217 g/mol. The number of carboxylic acid groups (broad SMARTS) is 1. The third kappa shape index (κ3) is 4.33. The molecule has 6 heteroatoms. The number of carboxylic acids is 1. The molecule has 1 amide bonds. The van der Waals surface area contributed by atoms with Crippen molar-refractivity contribution in [2.75, 3.05) is 0 Å². The quantitative estimate of drug-likeness (QED) is 0.706. The number of carbonyl (C=O) groups excluding carboxylic acids is 1. The van der Waals surface area contributed by atoms with Crippen LogP contribution in [0.4, 0.5) is 0 Å². The lowest BCUT2D eigenvalue weighted by molar-refractivity contribution is -0.142. The number of rotatable bonds is 4. The van der Waals surface area contributed by atoms with Crippen LogP contribution in [0.2, 0.25) is 0 Å². The van der Waals surface area contributed by atoms with Gasteiger partial charge in [0.2, 0.25) is 0 Å². The Balaban J connectivity index is 4.27. The van der Waals surface area contributed by atoms with Crippen LogP contribution < -0.4 is 5.32 Å². The van der Waals surface area contributed by atoms with Gasteiger partial charge in [-0.2, -0.15) is 0 Å². The Kier molecular flexibility index (Phi) is 5.10. The summed E-state index contributed by atoms with van der Waals surface area (Å²) in [5.41, 5.74) is 0. The van der Waals surface area contributed by atoms with Gasteiger partial charge in [0.05, 0.1) is 0 Å². The van der Waals surface area contributed by atoms with Crippen LogP contribution >= 0.6 is 23.2 Å². The predicted octanol–water partition coefficient (Wildman–Crippen LogP) is 1.02. The SMILES string of the molecule is CC(C)[C@H](NC(=O)C(Cl)Cl)C(=O)O. The molecule has 76 valence electrons. The van der Waals surface area contributed by atoms with Crippen molar-refractivity contribution in [3.8, 4) is 0 Å². The van der Waals surface area contributed by atoms with Crippen LogP contribution in [0, 0.1) is 5.92 Å². The molecule has 4 nitrogen and oxygen atoms in total. The van der Waals surface area contributed by atoms with E-state index < -0.39 is 22.8 Å². The molecule has 0 aromatic rings. The van der Waals surface area contributed by atoms with Crippen molar-refractivity contribution in [2.45, 2.75) is 24.7 Å². The van der Waals surface area contributed by atoms with Crippen molar-refractivity contribution in [1.29, 1.82) is 0 Å². The first-order chi connectivity index (χ1) is 5.86. The van der Waals surface area contributed by atoms with Gasteiger partial charge in [-0.1, -0.05) is 37.0 Å². The summed E-state index contributed by atoms with van der Waals surface area (Å²) in [7, 11) is 0. The Labute approximate surface area is 86.2 Å². The maximum atomic E-state index is 10.9. The summed E-state index contributed by atoms with van der Waals surface area (Å²) in [5, 5.41) is 10.9. The van der Waals surface area contributed by atoms with Crippen LogP contribution in [0.3, 0.4) is 0 Å². The van der Waals surface area contributed by atoms with Gasteiger partial charge in [-0.15, -0.1) is 0 Å². The average Bonchev–Trinajstić information content (AvgIpc) is 1.97. The molecule has 0 aromatic heterocycles. The van der Waals surface area contributed by atoms with Crippen molar-refractivity contribution >= 4 is 35.1 Å². The molecule has 0 unspecified atom stereocenters. The van der Waals surface area contributed by atoms with Crippen molar-refractivity contribution in [2.24, 2.45) is 5.92 Å². The minimum absolute atomic E-state index is 0.214. The fourth-order valence-electron chi connectivity index (χ4n) is 0.730. The van der Waals surface area contributed by atoms with Gasteiger partial charge >= 0.3 is 5.97 Å². The summed E-state index contributed by atoms with van der Waals surface area (Å²) in [6, 6.07) is -0.951. The van der Waals surface area contributed by atoms with E-state index in [0.29, 0.717) is 0 Å². The number of amides is 1. The number of hydrogen-bond acceptors (Lipinski definition) is 2. The summed E-state index contributed by atoms with van der Waals surface area (Å²) in [6.45, 7) is 3.35. The monoisotopic (exact) mass is 227 g/mol. The molecule has 0 rings (SSSR count). The number of halogens is 2. The molecule has 1 atom stereocenters. The zero-order valence-corrected chi connectivity index (χ0v) is 8.76. The molecule has 0 aromatic carbocycles. The third-order valence-electron chi connectivity index (χ3n) is 1.43. The molecular formula is C7H11Cl2NO3. The molecule has 0 heterocycles. The maximum absolute atomic E-state index is 10.9. The lowest BCUT2D eigenvalue weighted by atomic mass is 10.1. The van der Waals surface area contributed by atoms with Gasteiger partial charge in [0.25, 0.3) is 5.91 Å². The number of aliphatic carboxylic acids is 1. The fraction of sp³-hybridized carbons (Fsp3) is 0.714. The molecule has 13 heavy (non-hydrogen) atoms. The molecule has 0 aliphatic carbocycles. The standard InChI is InChI=1S/C7H11Cl2NO3/c1-3(2)4(7(12)13)10-6(11)5(8)9/h3-5H,1-2H3,(H,10,11)(H,12,13)/t4-/m0/s1. The Hall–Kier alpha value is -0.480. The maximum Gasteiger partial charge on any atom is 0.326 e. The second kappa shape index (κ2) is 5.29. The van der Waals surface area contributed by atoms with Crippen LogP contribution in [0.5, 0.6) is 0 Å². The molecule has 0 saturated heterocycles. The van der Waals surface area contributed by atoms with Gasteiger partial charge < -0.3 is 10.4 Å². The van der Waals surface area contributed by atoms with Gasteiger partial charge in [-0.05, 0) is 5.92 Å². The van der Waals surface area contributed by atoms with E-state index in [1.165, 1.54) is 0 Å². The highest BCUT2D eigenvalue weighted by Gasteiger charge is 2.25. The van der Waals surface area contributed by atoms with E-state index >= 15 is 0 Å². The summed E-state index contributed by atoms with van der Waals surface area (Å²) >= 11 is 10.5. The molecule has 0 saturated carbocycles. The van der Waals surface area contributed by atoms with Gasteiger partial charge in [-0.25, -0.2) is 4.79 Å². The van der Waals surface area contributed by atoms with Crippen LogP contribution in [0.15, 0.2) is 0 Å². The van der Waals surface area contributed by atoms with E-state index in [1.807, 2.05) is 0 Å². The first-order valence-corrected chi connectivity index (χ1v) is 4.55. The van der Waals surface area contributed by atoms with Gasteiger partial charge in [0.15, 0.2) is 4.84 Å². The van der Waals surface area contributed by atoms with Crippen molar-refractivity contribution < 1.29 is 14.7 Å². The first kappa shape index (κ1) is 12.5. The molecule has 2 N–H and O–H groups in total. The molecule has 0 bridgehead atoms. The zero-order valence-electron chi connectivity index (χ0n) is 7.25. The second-order valence-electron chi connectivity index (χ2n) is 2.87. The summed E-state index contributed by atoms with van der Waals surface area (Å²) in [6.07, 6.45) is 0. The van der Waals surface area contributed by atoms with Crippen LogP contribution in [-0.2, 0) is 9.59 Å². The smallest absolute Gasteiger partial charge is 0.326 e. The van der Waals surface area contributed by atoms with E-state index in [-0.39, 0.29) is 5.92 Å². The average molecular weight is 228 g/mol. The first-order valence-electron chi connectivity index (χ1n) is 3.67. The van der Waals surface area contributed by atoms with Crippen molar-refractivity contribution in [3.05, 3.63) is 0 Å². The Morgan fingerprint density at radius 3 is 2.00 bits per heavy atom. The fourth-order valence-corrected chi connectivity index (χ4v) is 0.856. The van der Waals surface area contributed by atoms with E-state index in [9.17, 15) is 9.59 Å². The van der Waals surface area contributed by atoms with Crippen LogP contribution in [0.1, 0.15) is 13.8 Å². The highest BCUT2D eigenvalue weighted by Crippen LogP contribution is 2.06. The predicted molar refractivity (Wildman–Crippen MR) is 49.9 cm³/mol. The molecule has 0 spiro atoms. The number of hydrogen-bond donors (Lipinski definition) is 2. The van der Waals surface area contributed by atoms with E-state index in [4.69, 9.17) is 28.3 Å². The Morgan fingerprint density at radius 2 is 1.77 bits per heavy atom. The number of nitrogens with one attached hydrogen (secondary N) is 1. The minimum Gasteiger partial charge on any atom is -0.480 e.